The van der Waals surface area contributed by atoms with E-state index in [1.807, 2.05) is 7.05 Å². The van der Waals surface area contributed by atoms with Gasteiger partial charge in [0.25, 0.3) is 0 Å². The second-order valence-corrected chi connectivity index (χ2v) is 5.69. The molecule has 4 atom stereocenters. The van der Waals surface area contributed by atoms with Crippen molar-refractivity contribution in [1.82, 2.24) is 4.90 Å². The fraction of sp³-hybridized carbons (Fsp3) is 0.529. The van der Waals surface area contributed by atoms with Gasteiger partial charge < -0.3 is 9.47 Å². The minimum absolute atomic E-state index is 0. The number of hydrogen-bond acceptors (Lipinski definition) is 5. The lowest BCUT2D eigenvalue weighted by Crippen LogP contribution is -2.53. The van der Waals surface area contributed by atoms with Crippen LogP contribution < -0.4 is 0 Å². The van der Waals surface area contributed by atoms with Crippen molar-refractivity contribution >= 4 is 24.3 Å². The van der Waals surface area contributed by atoms with E-state index >= 15 is 0 Å². The molecule has 2 bridgehead atoms. The average molecular weight is 345 g/mol. The van der Waals surface area contributed by atoms with Crippen molar-refractivity contribution in [2.24, 2.45) is 5.92 Å². The van der Waals surface area contributed by atoms with E-state index in [1.165, 1.54) is 7.11 Å². The molecule has 3 rings (SSSR count). The first kappa shape index (κ1) is 11.9. The van der Waals surface area contributed by atoms with Gasteiger partial charge in [0.05, 0.1) is 19.5 Å². The minimum Gasteiger partial charge on any atom is -0.469 e. The molecule has 0 saturated carbocycles. The van der Waals surface area contributed by atoms with Gasteiger partial charge in [0.15, 0.2) is 0 Å². The smallest absolute Gasteiger partial charge is 0.338 e. The van der Waals surface area contributed by atoms with E-state index in [9.17, 15) is 9.59 Å². The maximum absolute atomic E-state index is 12.7. The lowest BCUT2D eigenvalue weighted by Gasteiger charge is -2.40. The molecule has 2 saturated heterocycles. The number of benzene rings is 1. The van der Waals surface area contributed by atoms with Gasteiger partial charge in [-0.2, -0.15) is 0 Å². The Morgan fingerprint density at radius 1 is 1.26 bits per heavy atom. The summed E-state index contributed by atoms with van der Waals surface area (Å²) in [6.45, 7) is 0. The first-order chi connectivity index (χ1) is 12.7. The normalized spacial score (nSPS) is 32.5. The summed E-state index contributed by atoms with van der Waals surface area (Å²) in [5, 5.41) is 0. The van der Waals surface area contributed by atoms with Gasteiger partial charge in [-0.3, -0.25) is 9.69 Å². The molecular weight excluding hydrogens is 318 g/mol. The number of piperidine rings is 1. The first-order valence-corrected chi connectivity index (χ1v) is 7.26. The summed E-state index contributed by atoms with van der Waals surface area (Å²) >= 11 is 0. The topological polar surface area (TPSA) is 55.8 Å². The Balaban J connectivity index is 0.00000280. The average Bonchev–Trinajstić information content (AvgIpc) is 2.87. The van der Waals surface area contributed by atoms with Crippen molar-refractivity contribution in [3.63, 3.8) is 0 Å². The number of fused-ring (bicyclic) bond motifs is 2. The number of esters is 2. The van der Waals surface area contributed by atoms with Crippen molar-refractivity contribution in [3.8, 4) is 0 Å². The van der Waals surface area contributed by atoms with E-state index in [4.69, 9.17) is 16.3 Å². The fourth-order valence-electron chi connectivity index (χ4n) is 3.54. The van der Waals surface area contributed by atoms with Gasteiger partial charge in [-0.25, -0.2) is 4.79 Å². The molecule has 2 heterocycles. The predicted octanol–water partition coefficient (Wildman–Crippen LogP) is 2.29. The number of hydrogen-bond donors (Lipinski definition) is 0. The number of ether oxygens (including phenoxy) is 2. The summed E-state index contributed by atoms with van der Waals surface area (Å²) < 4.78 is 49.2. The molecule has 0 aromatic heterocycles. The summed E-state index contributed by atoms with van der Waals surface area (Å²) in [6, 6.07) is -2.96. The first-order valence-electron chi connectivity index (χ1n) is 9.76. The van der Waals surface area contributed by atoms with E-state index in [0.29, 0.717) is 6.42 Å². The van der Waals surface area contributed by atoms with Crippen LogP contribution >= 0.6 is 12.4 Å². The molecule has 5 nitrogen and oxygen atoms in total. The second kappa shape index (κ2) is 7.32. The molecule has 6 heteroatoms. The quantitative estimate of drug-likeness (QED) is 0.787. The highest BCUT2D eigenvalue weighted by molar-refractivity contribution is 5.89. The molecule has 0 N–H and O–H groups in total. The number of methoxy groups -OCH3 is 1. The van der Waals surface area contributed by atoms with Crippen LogP contribution in [0, 0.1) is 5.92 Å². The summed E-state index contributed by atoms with van der Waals surface area (Å²) in [6.07, 6.45) is 1.31. The van der Waals surface area contributed by atoms with Crippen molar-refractivity contribution < 1.29 is 25.9 Å². The predicted molar refractivity (Wildman–Crippen MR) is 87.6 cm³/mol. The maximum atomic E-state index is 12.7. The van der Waals surface area contributed by atoms with Crippen LogP contribution in [0.15, 0.2) is 30.2 Å². The number of halogens is 1. The molecule has 126 valence electrons. The SMILES string of the molecule is Cl.[2H]c1c([2H])c([2H])c(C(=O)O[C@H]2C[C@@H]3CC[C@H]([C@H]2C(=O)OC)N3C)c([2H])c1[2H]. The standard InChI is InChI=1S/C17H21NO4.ClH/c1-18-12-8-9-13(18)15(17(20)21-2)14(10-12)22-16(19)11-6-4-3-5-7-11;/h3-7,12-15H,8-10H2,1-2H3;1H/t12-,13+,14-,15+;/m0./s1/i3D,4D,5D,6D,7D;. The van der Waals surface area contributed by atoms with Crippen molar-refractivity contribution in [2.45, 2.75) is 37.5 Å². The Kier molecular flexibility index (Phi) is 3.78. The van der Waals surface area contributed by atoms with Gasteiger partial charge in [0.2, 0.25) is 0 Å². The van der Waals surface area contributed by atoms with Crippen LogP contribution in [0.1, 0.15) is 36.5 Å². The van der Waals surface area contributed by atoms with Gasteiger partial charge >= 0.3 is 11.9 Å². The van der Waals surface area contributed by atoms with Crippen molar-refractivity contribution in [3.05, 3.63) is 35.8 Å². The molecule has 2 aliphatic heterocycles. The number of carbonyl (C=O) groups is 2. The summed E-state index contributed by atoms with van der Waals surface area (Å²) in [5.74, 6) is -2.17. The molecule has 0 radical (unpaired) electrons. The maximum Gasteiger partial charge on any atom is 0.338 e. The zero-order valence-corrected chi connectivity index (χ0v) is 13.7. The van der Waals surface area contributed by atoms with Crippen LogP contribution in [-0.2, 0) is 14.3 Å². The van der Waals surface area contributed by atoms with Crippen molar-refractivity contribution in [1.29, 1.82) is 0 Å². The third kappa shape index (κ3) is 3.35. The zero-order valence-electron chi connectivity index (χ0n) is 17.9. The van der Waals surface area contributed by atoms with Gasteiger partial charge in [-0.1, -0.05) is 18.1 Å². The molecule has 1 aromatic carbocycles. The van der Waals surface area contributed by atoms with Gasteiger partial charge in [-0.15, -0.1) is 12.4 Å². The Bertz CT molecular complexity index is 779. The summed E-state index contributed by atoms with van der Waals surface area (Å²) in [4.78, 5) is 27.1. The number of nitrogens with zero attached hydrogens (tertiary/aromatic N) is 1. The highest BCUT2D eigenvalue weighted by atomic mass is 35.5. The molecule has 1 aromatic rings. The van der Waals surface area contributed by atoms with E-state index < -0.39 is 59.7 Å². The van der Waals surface area contributed by atoms with Gasteiger partial charge in [0, 0.05) is 18.5 Å². The lowest BCUT2D eigenvalue weighted by atomic mass is 9.87. The number of carbonyl (C=O) groups excluding carboxylic acids is 2. The van der Waals surface area contributed by atoms with Gasteiger partial charge in [-0.05, 0) is 32.0 Å². The molecule has 0 amide bonds. The highest BCUT2D eigenvalue weighted by Gasteiger charge is 2.50. The van der Waals surface area contributed by atoms with Crippen LogP contribution in [0.25, 0.3) is 0 Å². The third-order valence-corrected chi connectivity index (χ3v) is 4.65. The molecule has 0 unspecified atom stereocenters. The Labute approximate surface area is 149 Å². The Morgan fingerprint density at radius 2 is 1.96 bits per heavy atom. The molecule has 23 heavy (non-hydrogen) atoms. The monoisotopic (exact) mass is 344 g/mol. The minimum atomic E-state index is -1.02. The molecule has 0 spiro atoms. The Morgan fingerprint density at radius 3 is 2.61 bits per heavy atom. The van der Waals surface area contributed by atoms with Crippen LogP contribution in [0.5, 0.6) is 0 Å². The Hall–Kier alpha value is -1.59. The lowest BCUT2D eigenvalue weighted by molar-refractivity contribution is -0.156. The van der Waals surface area contributed by atoms with Crippen LogP contribution in [0.3, 0.4) is 0 Å². The van der Waals surface area contributed by atoms with Crippen LogP contribution in [0.2, 0.25) is 0 Å². The van der Waals surface area contributed by atoms with Gasteiger partial charge in [0.1, 0.15) is 12.0 Å². The van der Waals surface area contributed by atoms with E-state index in [2.05, 4.69) is 4.90 Å². The third-order valence-electron chi connectivity index (χ3n) is 4.65. The second-order valence-electron chi connectivity index (χ2n) is 5.69. The van der Waals surface area contributed by atoms with E-state index in [-0.39, 0.29) is 24.5 Å². The van der Waals surface area contributed by atoms with Crippen LogP contribution in [0.4, 0.5) is 0 Å². The van der Waals surface area contributed by atoms with E-state index in [0.717, 1.165) is 12.8 Å². The van der Waals surface area contributed by atoms with Crippen molar-refractivity contribution in [2.75, 3.05) is 14.2 Å². The summed E-state index contributed by atoms with van der Waals surface area (Å²) in [7, 11) is 3.20. The highest BCUT2D eigenvalue weighted by Crippen LogP contribution is 2.40. The largest absolute Gasteiger partial charge is 0.469 e. The zero-order chi connectivity index (χ0) is 20.0. The van der Waals surface area contributed by atoms with E-state index in [1.54, 1.807) is 0 Å². The van der Waals surface area contributed by atoms with Crippen LogP contribution in [-0.4, -0.2) is 49.2 Å². The molecule has 2 fully saturated rings. The molecular formula is C17H22ClNO4. The molecule has 2 aliphatic rings. The summed E-state index contributed by atoms with van der Waals surface area (Å²) in [5.41, 5.74) is -0.518. The molecule has 0 aliphatic carbocycles. The fourth-order valence-corrected chi connectivity index (χ4v) is 3.54. The number of rotatable bonds is 3.